The van der Waals surface area contributed by atoms with Crippen LogP contribution in [-0.2, 0) is 25.9 Å². The molecule has 0 unspecified atom stereocenters. The van der Waals surface area contributed by atoms with Crippen LogP contribution in [0.15, 0.2) is 73.8 Å². The van der Waals surface area contributed by atoms with Gasteiger partial charge in [-0.2, -0.15) is 8.78 Å². The van der Waals surface area contributed by atoms with E-state index < -0.39 is 23.3 Å². The monoisotopic (exact) mass is 710 g/mol. The molecule has 0 saturated carbocycles. The molecule has 52 heavy (non-hydrogen) atoms. The molecule has 2 aliphatic rings. The first kappa shape index (κ1) is 34.1. The van der Waals surface area contributed by atoms with Gasteiger partial charge in [0, 0.05) is 117 Å². The maximum absolute atomic E-state index is 13.8. The summed E-state index contributed by atoms with van der Waals surface area (Å²) in [6, 6.07) is 7.11. The standard InChI is InChI=1S/2C18H15F2N5O/c1-26-16-7-12(6-13(19)17(16)20)25-5-2-14-11(10-25)8-23-18(24-14)15-9-21-3-4-22-15;1-26-16-7-12(6-13(19)17(16)20)25-5-3-14-11(9-25)8-22-18(24-14)15-2-4-21-10-23-15/h3-4,6-9H,2,5,10H2,1H3;2,4,6-8,10H,3,5,9H2,1H3. The van der Waals surface area contributed by atoms with Crippen LogP contribution in [0.4, 0.5) is 28.9 Å². The first-order valence-corrected chi connectivity index (χ1v) is 16.1. The quantitative estimate of drug-likeness (QED) is 0.201. The Morgan fingerprint density at radius 3 is 1.63 bits per heavy atom. The van der Waals surface area contributed by atoms with E-state index in [0.717, 1.165) is 22.5 Å². The van der Waals surface area contributed by atoms with Gasteiger partial charge in [-0.3, -0.25) is 4.98 Å². The number of benzene rings is 2. The van der Waals surface area contributed by atoms with E-state index in [9.17, 15) is 17.6 Å². The van der Waals surface area contributed by atoms with Crippen molar-refractivity contribution in [2.24, 2.45) is 0 Å². The van der Waals surface area contributed by atoms with Gasteiger partial charge >= 0.3 is 0 Å². The van der Waals surface area contributed by atoms with Crippen LogP contribution in [0.1, 0.15) is 22.5 Å². The molecule has 2 aliphatic heterocycles. The Morgan fingerprint density at radius 2 is 1.15 bits per heavy atom. The summed E-state index contributed by atoms with van der Waals surface area (Å²) >= 11 is 0. The average Bonchev–Trinajstić information content (AvgIpc) is 3.20. The molecule has 2 aromatic carbocycles. The van der Waals surface area contributed by atoms with Crippen molar-refractivity contribution in [3.05, 3.63) is 120 Å². The first-order chi connectivity index (χ1) is 25.3. The number of fused-ring (bicyclic) bond motifs is 2. The highest BCUT2D eigenvalue weighted by Gasteiger charge is 2.24. The summed E-state index contributed by atoms with van der Waals surface area (Å²) < 4.78 is 64.7. The fourth-order valence-electron chi connectivity index (χ4n) is 5.92. The summed E-state index contributed by atoms with van der Waals surface area (Å²) in [5, 5.41) is 0. The van der Waals surface area contributed by atoms with Crippen molar-refractivity contribution in [2.75, 3.05) is 37.1 Å². The zero-order valence-electron chi connectivity index (χ0n) is 28.0. The van der Waals surface area contributed by atoms with Crippen LogP contribution in [0, 0.1) is 23.3 Å². The lowest BCUT2D eigenvalue weighted by atomic mass is 10.1. The summed E-state index contributed by atoms with van der Waals surface area (Å²) in [5.41, 5.74) is 6.13. The zero-order chi connectivity index (χ0) is 36.2. The van der Waals surface area contributed by atoms with Gasteiger partial charge in [0.25, 0.3) is 0 Å². The Morgan fingerprint density at radius 1 is 0.596 bits per heavy atom. The fraction of sp³-hybridized carbons (Fsp3) is 0.222. The maximum Gasteiger partial charge on any atom is 0.200 e. The molecule has 0 radical (unpaired) electrons. The van der Waals surface area contributed by atoms with Crippen LogP contribution < -0.4 is 19.3 Å². The van der Waals surface area contributed by atoms with Crippen LogP contribution in [0.5, 0.6) is 11.5 Å². The lowest BCUT2D eigenvalue weighted by Gasteiger charge is -2.30. The smallest absolute Gasteiger partial charge is 0.200 e. The van der Waals surface area contributed by atoms with Gasteiger partial charge in [-0.15, -0.1) is 0 Å². The van der Waals surface area contributed by atoms with E-state index in [1.54, 1.807) is 43.2 Å². The number of halogens is 4. The van der Waals surface area contributed by atoms with E-state index in [-0.39, 0.29) is 11.5 Å². The number of anilines is 2. The molecule has 12 nitrogen and oxygen atoms in total. The SMILES string of the molecule is COc1cc(N2CCc3nc(-c4ccncn4)ncc3C2)cc(F)c1F.COc1cc(N2CCc3nc(-c4cnccn4)ncc3C2)cc(F)c1F. The average molecular weight is 711 g/mol. The second-order valence-electron chi connectivity index (χ2n) is 11.7. The van der Waals surface area contributed by atoms with E-state index >= 15 is 0 Å². The van der Waals surface area contributed by atoms with Gasteiger partial charge < -0.3 is 19.3 Å². The number of hydrogen-bond acceptors (Lipinski definition) is 12. The molecular weight excluding hydrogens is 680 g/mol. The van der Waals surface area contributed by atoms with Crippen LogP contribution in [0.3, 0.4) is 0 Å². The van der Waals surface area contributed by atoms with E-state index in [0.29, 0.717) is 73.4 Å². The molecule has 0 amide bonds. The molecule has 6 aromatic rings. The Hall–Kier alpha value is -6.32. The number of aromatic nitrogens is 8. The fourth-order valence-corrected chi connectivity index (χ4v) is 5.92. The molecule has 0 aliphatic carbocycles. The van der Waals surface area contributed by atoms with Crippen molar-refractivity contribution in [1.29, 1.82) is 0 Å². The Bertz CT molecular complexity index is 2060. The van der Waals surface area contributed by atoms with Crippen molar-refractivity contribution in [1.82, 2.24) is 39.9 Å². The number of nitrogens with zero attached hydrogens (tertiary/aromatic N) is 10. The van der Waals surface area contributed by atoms with Crippen molar-refractivity contribution in [3.63, 3.8) is 0 Å². The number of ether oxygens (including phenoxy) is 2. The summed E-state index contributed by atoms with van der Waals surface area (Å²) in [6.45, 7) is 2.26. The van der Waals surface area contributed by atoms with Crippen molar-refractivity contribution in [3.8, 4) is 34.5 Å². The topological polar surface area (TPSA) is 128 Å². The van der Waals surface area contributed by atoms with Crippen LogP contribution in [0.25, 0.3) is 23.0 Å². The third-order valence-electron chi connectivity index (χ3n) is 8.60. The van der Waals surface area contributed by atoms with Crippen LogP contribution >= 0.6 is 0 Å². The Labute approximate surface area is 295 Å². The van der Waals surface area contributed by atoms with Crippen LogP contribution in [0.2, 0.25) is 0 Å². The molecule has 6 heterocycles. The lowest BCUT2D eigenvalue weighted by molar-refractivity contribution is 0.371. The minimum absolute atomic E-state index is 0.110. The molecule has 0 fully saturated rings. The van der Waals surface area contributed by atoms with Gasteiger partial charge in [-0.05, 0) is 6.07 Å². The van der Waals surface area contributed by atoms with Gasteiger partial charge in [0.2, 0.25) is 11.6 Å². The maximum atomic E-state index is 13.8. The minimum atomic E-state index is -0.981. The Balaban J connectivity index is 0.000000162. The highest BCUT2D eigenvalue weighted by Crippen LogP contribution is 2.32. The second kappa shape index (κ2) is 14.9. The van der Waals surface area contributed by atoms with E-state index in [1.807, 2.05) is 9.80 Å². The van der Waals surface area contributed by atoms with E-state index in [4.69, 9.17) is 9.47 Å². The van der Waals surface area contributed by atoms with Crippen molar-refractivity contribution < 1.29 is 27.0 Å². The van der Waals surface area contributed by atoms with Gasteiger partial charge in [0.1, 0.15) is 17.7 Å². The summed E-state index contributed by atoms with van der Waals surface area (Å²) in [6.07, 6.45) is 12.7. The summed E-state index contributed by atoms with van der Waals surface area (Å²) in [7, 11) is 2.63. The van der Waals surface area contributed by atoms with Crippen molar-refractivity contribution in [2.45, 2.75) is 25.9 Å². The molecule has 0 spiro atoms. The van der Waals surface area contributed by atoms with Gasteiger partial charge in [0.15, 0.2) is 34.8 Å². The predicted octanol–water partition coefficient (Wildman–Crippen LogP) is 5.57. The second-order valence-corrected chi connectivity index (χ2v) is 11.7. The zero-order valence-corrected chi connectivity index (χ0v) is 28.0. The molecule has 0 atom stereocenters. The number of methoxy groups -OCH3 is 2. The van der Waals surface area contributed by atoms with Crippen molar-refractivity contribution >= 4 is 11.4 Å². The summed E-state index contributed by atoms with van der Waals surface area (Å²) in [4.78, 5) is 38.1. The third-order valence-corrected chi connectivity index (χ3v) is 8.60. The highest BCUT2D eigenvalue weighted by atomic mass is 19.2. The molecule has 8 rings (SSSR count). The third kappa shape index (κ3) is 7.12. The minimum Gasteiger partial charge on any atom is -0.493 e. The van der Waals surface area contributed by atoms with Crippen LogP contribution in [-0.4, -0.2) is 67.2 Å². The highest BCUT2D eigenvalue weighted by molar-refractivity contribution is 5.56. The van der Waals surface area contributed by atoms with Gasteiger partial charge in [-0.1, -0.05) is 0 Å². The number of rotatable bonds is 6. The first-order valence-electron chi connectivity index (χ1n) is 16.1. The molecule has 0 N–H and O–H groups in total. The van der Waals surface area contributed by atoms with E-state index in [2.05, 4.69) is 39.9 Å². The summed E-state index contributed by atoms with van der Waals surface area (Å²) in [5.74, 6) is -2.97. The molecular formula is C36H30F4N10O2. The van der Waals surface area contributed by atoms with Gasteiger partial charge in [0.05, 0.1) is 31.8 Å². The lowest BCUT2D eigenvalue weighted by Crippen LogP contribution is -2.31. The van der Waals surface area contributed by atoms with Gasteiger partial charge in [-0.25, -0.2) is 43.7 Å². The molecule has 0 bridgehead atoms. The molecule has 0 saturated heterocycles. The normalized spacial score (nSPS) is 13.4. The Kier molecular flexibility index (Phi) is 9.77. The van der Waals surface area contributed by atoms with E-state index in [1.165, 1.54) is 44.8 Å². The molecule has 264 valence electrons. The largest absolute Gasteiger partial charge is 0.493 e. The molecule has 4 aromatic heterocycles. The number of hydrogen-bond donors (Lipinski definition) is 0. The predicted molar refractivity (Wildman–Crippen MR) is 181 cm³/mol. The molecule has 16 heteroatoms.